The molecule has 3 aromatic rings. The quantitative estimate of drug-likeness (QED) is 0.658. The smallest absolute Gasteiger partial charge is 0.315 e. The maximum absolute atomic E-state index is 12.3. The fourth-order valence-corrected chi connectivity index (χ4v) is 2.86. The van der Waals surface area contributed by atoms with Gasteiger partial charge in [0.2, 0.25) is 0 Å². The van der Waals surface area contributed by atoms with E-state index in [4.69, 9.17) is 9.47 Å². The highest BCUT2D eigenvalue weighted by molar-refractivity contribution is 5.74. The summed E-state index contributed by atoms with van der Waals surface area (Å²) < 4.78 is 12.4. The van der Waals surface area contributed by atoms with Crippen molar-refractivity contribution in [2.24, 2.45) is 0 Å². The summed E-state index contributed by atoms with van der Waals surface area (Å²) in [4.78, 5) is 12.3. The Morgan fingerprint density at radius 3 is 2.64 bits per heavy atom. The number of methoxy groups -OCH3 is 2. The third kappa shape index (κ3) is 4.62. The van der Waals surface area contributed by atoms with Crippen molar-refractivity contribution in [1.29, 1.82) is 0 Å². The number of aromatic nitrogens is 2. The van der Waals surface area contributed by atoms with Crippen molar-refractivity contribution in [2.45, 2.75) is 19.5 Å². The number of carbonyl (C=O) groups excluding carboxylic acids is 1. The number of nitrogens with zero attached hydrogens (tertiary/aromatic N) is 2. The van der Waals surface area contributed by atoms with E-state index in [9.17, 15) is 4.79 Å². The van der Waals surface area contributed by atoms with Crippen molar-refractivity contribution in [3.63, 3.8) is 0 Å². The Bertz CT molecular complexity index is 924. The van der Waals surface area contributed by atoms with Gasteiger partial charge >= 0.3 is 6.03 Å². The first-order valence-corrected chi connectivity index (χ1v) is 8.96. The molecule has 7 heteroatoms. The maximum atomic E-state index is 12.3. The number of amides is 2. The molecule has 3 rings (SSSR count). The molecule has 0 aliphatic carbocycles. The molecule has 0 aliphatic heterocycles. The highest BCUT2D eigenvalue weighted by atomic mass is 16.5. The van der Waals surface area contributed by atoms with Crippen molar-refractivity contribution in [3.05, 3.63) is 72.1 Å². The Morgan fingerprint density at radius 2 is 1.93 bits per heavy atom. The van der Waals surface area contributed by atoms with Gasteiger partial charge in [0.15, 0.2) is 0 Å². The fourth-order valence-electron chi connectivity index (χ4n) is 2.86. The predicted octanol–water partition coefficient (Wildman–Crippen LogP) is 3.45. The molecule has 1 heterocycles. The Kier molecular flexibility index (Phi) is 6.16. The molecular formula is C21H24N4O3. The average molecular weight is 380 g/mol. The van der Waals surface area contributed by atoms with Crippen molar-refractivity contribution in [2.75, 3.05) is 14.2 Å². The third-order valence-electron chi connectivity index (χ3n) is 4.36. The van der Waals surface area contributed by atoms with Crippen LogP contribution in [0.5, 0.6) is 11.5 Å². The zero-order valence-corrected chi connectivity index (χ0v) is 16.2. The molecule has 0 bridgehead atoms. The van der Waals surface area contributed by atoms with Crippen LogP contribution in [-0.2, 0) is 6.54 Å². The lowest BCUT2D eigenvalue weighted by molar-refractivity contribution is 0.237. The second kappa shape index (κ2) is 8.94. The SMILES string of the molecule is COc1ccc(C(C)NC(=O)NCc2cnn(-c3ccccc3)c2)c(OC)c1. The molecule has 0 fully saturated rings. The van der Waals surface area contributed by atoms with Crippen LogP contribution >= 0.6 is 0 Å². The monoisotopic (exact) mass is 380 g/mol. The van der Waals surface area contributed by atoms with Gasteiger partial charge in [-0.2, -0.15) is 5.10 Å². The topological polar surface area (TPSA) is 77.4 Å². The van der Waals surface area contributed by atoms with E-state index >= 15 is 0 Å². The van der Waals surface area contributed by atoms with Gasteiger partial charge in [-0.3, -0.25) is 0 Å². The lowest BCUT2D eigenvalue weighted by Crippen LogP contribution is -2.36. The van der Waals surface area contributed by atoms with Gasteiger partial charge in [-0.05, 0) is 31.2 Å². The molecule has 28 heavy (non-hydrogen) atoms. The minimum absolute atomic E-state index is 0.229. The molecule has 0 saturated heterocycles. The first kappa shape index (κ1) is 19.3. The number of benzene rings is 2. The lowest BCUT2D eigenvalue weighted by atomic mass is 10.1. The van der Waals surface area contributed by atoms with E-state index in [-0.39, 0.29) is 12.1 Å². The predicted molar refractivity (Wildman–Crippen MR) is 107 cm³/mol. The van der Waals surface area contributed by atoms with Gasteiger partial charge in [0.05, 0.1) is 32.1 Å². The van der Waals surface area contributed by atoms with Crippen molar-refractivity contribution < 1.29 is 14.3 Å². The maximum Gasteiger partial charge on any atom is 0.315 e. The van der Waals surface area contributed by atoms with E-state index in [1.54, 1.807) is 31.2 Å². The molecular weight excluding hydrogens is 356 g/mol. The Morgan fingerprint density at radius 1 is 1.14 bits per heavy atom. The van der Waals surface area contributed by atoms with E-state index in [1.165, 1.54) is 0 Å². The summed E-state index contributed by atoms with van der Waals surface area (Å²) in [6.45, 7) is 2.28. The van der Waals surface area contributed by atoms with Gasteiger partial charge in [0, 0.05) is 29.9 Å². The van der Waals surface area contributed by atoms with Crippen LogP contribution in [0.1, 0.15) is 24.1 Å². The van der Waals surface area contributed by atoms with E-state index in [0.717, 1.165) is 16.8 Å². The molecule has 1 unspecified atom stereocenters. The largest absolute Gasteiger partial charge is 0.497 e. The minimum Gasteiger partial charge on any atom is -0.497 e. The van der Waals surface area contributed by atoms with Crippen LogP contribution in [0.25, 0.3) is 5.69 Å². The van der Waals surface area contributed by atoms with Crippen LogP contribution < -0.4 is 20.1 Å². The molecule has 1 aromatic heterocycles. The second-order valence-electron chi connectivity index (χ2n) is 6.29. The molecule has 7 nitrogen and oxygen atoms in total. The Balaban J connectivity index is 1.57. The minimum atomic E-state index is -0.266. The summed E-state index contributed by atoms with van der Waals surface area (Å²) in [7, 11) is 3.19. The number of hydrogen-bond donors (Lipinski definition) is 2. The number of hydrogen-bond acceptors (Lipinski definition) is 4. The summed E-state index contributed by atoms with van der Waals surface area (Å²) in [6, 6.07) is 14.8. The summed E-state index contributed by atoms with van der Waals surface area (Å²) in [5.74, 6) is 1.36. The van der Waals surface area contributed by atoms with Gasteiger partial charge < -0.3 is 20.1 Å². The summed E-state index contributed by atoms with van der Waals surface area (Å²) in [5.41, 5.74) is 2.75. The molecule has 2 aromatic carbocycles. The van der Waals surface area contributed by atoms with Crippen molar-refractivity contribution >= 4 is 6.03 Å². The van der Waals surface area contributed by atoms with E-state index in [2.05, 4.69) is 15.7 Å². The summed E-state index contributed by atoms with van der Waals surface area (Å²) >= 11 is 0. The Hall–Kier alpha value is -3.48. The first-order valence-electron chi connectivity index (χ1n) is 8.96. The molecule has 0 aliphatic rings. The molecule has 2 amide bonds. The van der Waals surface area contributed by atoms with Crippen molar-refractivity contribution in [3.8, 4) is 17.2 Å². The number of ether oxygens (including phenoxy) is 2. The second-order valence-corrected chi connectivity index (χ2v) is 6.29. The number of para-hydroxylation sites is 1. The van der Waals surface area contributed by atoms with Crippen LogP contribution in [0.4, 0.5) is 4.79 Å². The van der Waals surface area contributed by atoms with Crippen LogP contribution in [0.2, 0.25) is 0 Å². The van der Waals surface area contributed by atoms with E-state index < -0.39 is 0 Å². The first-order chi connectivity index (χ1) is 13.6. The van der Waals surface area contributed by atoms with Gasteiger partial charge in [-0.1, -0.05) is 18.2 Å². The van der Waals surface area contributed by atoms with Crippen LogP contribution in [-0.4, -0.2) is 30.0 Å². The van der Waals surface area contributed by atoms with Gasteiger partial charge in [-0.25, -0.2) is 9.48 Å². The molecule has 1 atom stereocenters. The summed E-state index contributed by atoms with van der Waals surface area (Å²) in [5, 5.41) is 10.1. The number of carbonyl (C=O) groups is 1. The lowest BCUT2D eigenvalue weighted by Gasteiger charge is -2.18. The number of urea groups is 1. The van der Waals surface area contributed by atoms with Gasteiger partial charge in [-0.15, -0.1) is 0 Å². The number of nitrogens with one attached hydrogen (secondary N) is 2. The highest BCUT2D eigenvalue weighted by Crippen LogP contribution is 2.29. The molecule has 2 N–H and O–H groups in total. The third-order valence-corrected chi connectivity index (χ3v) is 4.36. The van der Waals surface area contributed by atoms with Crippen LogP contribution in [0.15, 0.2) is 60.9 Å². The zero-order valence-electron chi connectivity index (χ0n) is 16.2. The molecule has 146 valence electrons. The Labute approximate surface area is 164 Å². The normalized spacial score (nSPS) is 11.5. The van der Waals surface area contributed by atoms with Crippen LogP contribution in [0, 0.1) is 0 Å². The number of rotatable bonds is 7. The molecule has 0 spiro atoms. The fraction of sp³-hybridized carbons (Fsp3) is 0.238. The zero-order chi connectivity index (χ0) is 19.9. The summed E-state index contributed by atoms with van der Waals surface area (Å²) in [6.07, 6.45) is 3.63. The van der Waals surface area contributed by atoms with Crippen molar-refractivity contribution in [1.82, 2.24) is 20.4 Å². The van der Waals surface area contributed by atoms with Crippen LogP contribution in [0.3, 0.4) is 0 Å². The highest BCUT2D eigenvalue weighted by Gasteiger charge is 2.15. The standard InChI is InChI=1S/C21H24N4O3/c1-15(19-10-9-18(27-2)11-20(19)28-3)24-21(26)22-12-16-13-23-25(14-16)17-7-5-4-6-8-17/h4-11,13-15H,12H2,1-3H3,(H2,22,24,26). The van der Waals surface area contributed by atoms with E-state index in [0.29, 0.717) is 18.0 Å². The van der Waals surface area contributed by atoms with Gasteiger partial charge in [0.1, 0.15) is 11.5 Å². The molecule has 0 radical (unpaired) electrons. The average Bonchev–Trinajstić information content (AvgIpc) is 3.21. The molecule has 0 saturated carbocycles. The van der Waals surface area contributed by atoms with E-state index in [1.807, 2.05) is 55.6 Å². The van der Waals surface area contributed by atoms with Gasteiger partial charge in [0.25, 0.3) is 0 Å².